The van der Waals surface area contributed by atoms with Gasteiger partial charge in [0.2, 0.25) is 0 Å². The van der Waals surface area contributed by atoms with E-state index in [9.17, 15) is 4.39 Å². The van der Waals surface area contributed by atoms with Gasteiger partial charge in [-0.05, 0) is 49.4 Å². The van der Waals surface area contributed by atoms with Crippen LogP contribution in [-0.4, -0.2) is 48.8 Å². The van der Waals surface area contributed by atoms with Gasteiger partial charge in [0.25, 0.3) is 0 Å². The second kappa shape index (κ2) is 6.71. The van der Waals surface area contributed by atoms with Gasteiger partial charge in [0.05, 0.1) is 18.4 Å². The summed E-state index contributed by atoms with van der Waals surface area (Å²) in [6.45, 7) is 3.39. The summed E-state index contributed by atoms with van der Waals surface area (Å²) in [7, 11) is 0. The number of hydrogen-bond acceptors (Lipinski definition) is 6. The largest absolute Gasteiger partial charge is 0.353 e. The van der Waals surface area contributed by atoms with Gasteiger partial charge in [-0.1, -0.05) is 11.6 Å². The average molecular weight is 452 g/mol. The topological polar surface area (TPSA) is 63.0 Å². The van der Waals surface area contributed by atoms with E-state index in [4.69, 9.17) is 11.6 Å². The molecule has 1 spiro atoms. The highest BCUT2D eigenvalue weighted by Crippen LogP contribution is 2.56. The maximum atomic E-state index is 14.0. The van der Waals surface area contributed by atoms with Gasteiger partial charge in [-0.3, -0.25) is 9.47 Å². The summed E-state index contributed by atoms with van der Waals surface area (Å²) >= 11 is 6.35. The molecule has 3 fully saturated rings. The second-order valence-electron chi connectivity index (χ2n) is 9.87. The van der Waals surface area contributed by atoms with Crippen LogP contribution < -0.4 is 4.90 Å². The van der Waals surface area contributed by atoms with Crippen molar-refractivity contribution in [3.63, 3.8) is 0 Å². The molecule has 0 unspecified atom stereocenters. The third-order valence-corrected chi connectivity index (χ3v) is 7.78. The maximum Gasteiger partial charge on any atom is 0.183 e. The van der Waals surface area contributed by atoms with Crippen LogP contribution in [0.5, 0.6) is 0 Å². The Bertz CT molecular complexity index is 1210. The fourth-order valence-corrected chi connectivity index (χ4v) is 6.09. The summed E-state index contributed by atoms with van der Waals surface area (Å²) in [5.74, 6) is 2.50. The smallest absolute Gasteiger partial charge is 0.183 e. The number of rotatable bonds is 3. The Morgan fingerprint density at radius 3 is 2.72 bits per heavy atom. The van der Waals surface area contributed by atoms with Crippen LogP contribution >= 0.6 is 11.6 Å². The molecule has 4 aliphatic rings. The Hall–Kier alpha value is -2.58. The van der Waals surface area contributed by atoms with E-state index in [1.165, 1.54) is 30.9 Å². The van der Waals surface area contributed by atoms with Gasteiger partial charge in [0.15, 0.2) is 17.5 Å². The minimum atomic E-state index is -0.350. The van der Waals surface area contributed by atoms with Crippen molar-refractivity contribution in [2.45, 2.75) is 50.7 Å². The molecular weight excluding hydrogens is 429 g/mol. The molecule has 2 aliphatic carbocycles. The standard InChI is InChI=1S/C23H23ClFN7/c24-16-1-4-19-14(5-16)9-30(17-2-3-17)10-20-28-29-21(32(19)20)15-6-23(7-15)11-31(12-23)22-18(25)8-26-13-27-22/h1,4-5,8,13,15,17H,2-3,6-7,9-12H2. The molecule has 0 N–H and O–H groups in total. The van der Waals surface area contributed by atoms with E-state index in [0.717, 1.165) is 61.4 Å². The Kier molecular flexibility index (Phi) is 3.97. The first-order valence-electron chi connectivity index (χ1n) is 11.3. The molecule has 7 nitrogen and oxygen atoms in total. The van der Waals surface area contributed by atoms with Crippen molar-refractivity contribution in [2.24, 2.45) is 5.41 Å². The van der Waals surface area contributed by atoms with E-state index < -0.39 is 0 Å². The number of hydrogen-bond donors (Lipinski definition) is 0. The van der Waals surface area contributed by atoms with Crippen LogP contribution in [0.25, 0.3) is 5.69 Å². The van der Waals surface area contributed by atoms with Gasteiger partial charge in [-0.25, -0.2) is 14.4 Å². The Labute approximate surface area is 190 Å². The Balaban J connectivity index is 1.15. The summed E-state index contributed by atoms with van der Waals surface area (Å²) in [6, 6.07) is 6.81. The van der Waals surface area contributed by atoms with Crippen molar-refractivity contribution < 1.29 is 4.39 Å². The van der Waals surface area contributed by atoms with Crippen molar-refractivity contribution in [1.29, 1.82) is 0 Å². The number of anilines is 1. The van der Waals surface area contributed by atoms with E-state index in [2.05, 4.69) is 41.8 Å². The zero-order chi connectivity index (χ0) is 21.4. The van der Waals surface area contributed by atoms with E-state index in [-0.39, 0.29) is 11.2 Å². The van der Waals surface area contributed by atoms with Crippen LogP contribution in [0.2, 0.25) is 5.02 Å². The van der Waals surface area contributed by atoms with Gasteiger partial charge in [-0.2, -0.15) is 0 Å². The molecule has 2 aromatic heterocycles. The first-order valence-corrected chi connectivity index (χ1v) is 11.6. The third kappa shape index (κ3) is 2.89. The lowest BCUT2D eigenvalue weighted by Gasteiger charge is -2.59. The molecule has 32 heavy (non-hydrogen) atoms. The lowest BCUT2D eigenvalue weighted by atomic mass is 9.57. The van der Waals surface area contributed by atoms with Crippen LogP contribution in [-0.2, 0) is 13.1 Å². The summed E-state index contributed by atoms with van der Waals surface area (Å²) in [5.41, 5.74) is 2.63. The van der Waals surface area contributed by atoms with Gasteiger partial charge >= 0.3 is 0 Å². The number of halogens is 2. The van der Waals surface area contributed by atoms with Crippen LogP contribution in [0.1, 0.15) is 48.8 Å². The van der Waals surface area contributed by atoms with Crippen LogP contribution in [0.4, 0.5) is 10.2 Å². The monoisotopic (exact) mass is 451 g/mol. The van der Waals surface area contributed by atoms with E-state index in [0.29, 0.717) is 17.8 Å². The molecule has 2 saturated carbocycles. The molecule has 0 amide bonds. The normalized spacial score (nSPS) is 22.1. The summed E-state index contributed by atoms with van der Waals surface area (Å²) in [4.78, 5) is 12.4. The van der Waals surface area contributed by atoms with Crippen molar-refractivity contribution >= 4 is 17.4 Å². The molecule has 1 saturated heterocycles. The van der Waals surface area contributed by atoms with E-state index in [1.54, 1.807) is 0 Å². The molecule has 2 aliphatic heterocycles. The van der Waals surface area contributed by atoms with Crippen molar-refractivity contribution in [3.05, 3.63) is 58.8 Å². The summed E-state index contributed by atoms with van der Waals surface area (Å²) < 4.78 is 16.3. The van der Waals surface area contributed by atoms with Crippen molar-refractivity contribution in [1.82, 2.24) is 29.6 Å². The minimum Gasteiger partial charge on any atom is -0.353 e. The molecular formula is C23H23ClFN7. The lowest BCUT2D eigenvalue weighted by Crippen LogP contribution is -2.62. The van der Waals surface area contributed by atoms with Gasteiger partial charge in [0, 0.05) is 42.0 Å². The molecule has 164 valence electrons. The molecule has 7 rings (SSSR count). The van der Waals surface area contributed by atoms with Gasteiger partial charge in [0.1, 0.15) is 12.2 Å². The fraction of sp³-hybridized carbons (Fsp3) is 0.478. The fourth-order valence-electron chi connectivity index (χ4n) is 5.89. The van der Waals surface area contributed by atoms with Crippen LogP contribution in [0.3, 0.4) is 0 Å². The van der Waals surface area contributed by atoms with Gasteiger partial charge in [-0.15, -0.1) is 10.2 Å². The summed E-state index contributed by atoms with van der Waals surface area (Å²) in [5, 5.41) is 10.1. The molecule has 0 atom stereocenters. The Morgan fingerprint density at radius 1 is 1.09 bits per heavy atom. The zero-order valence-corrected chi connectivity index (χ0v) is 18.3. The second-order valence-corrected chi connectivity index (χ2v) is 10.3. The quantitative estimate of drug-likeness (QED) is 0.605. The molecule has 4 heterocycles. The van der Waals surface area contributed by atoms with E-state index in [1.807, 2.05) is 11.0 Å². The SMILES string of the molecule is Fc1cncnc1N1CC2(CC(c3nnc4n3-c3ccc(Cl)cc3CN(C3CC3)C4)C2)C1. The zero-order valence-electron chi connectivity index (χ0n) is 17.6. The molecule has 3 aromatic rings. The molecule has 1 aromatic carbocycles. The van der Waals surface area contributed by atoms with E-state index >= 15 is 0 Å². The highest BCUT2D eigenvalue weighted by Gasteiger charge is 2.55. The predicted molar refractivity (Wildman–Crippen MR) is 117 cm³/mol. The molecule has 0 radical (unpaired) electrons. The summed E-state index contributed by atoms with van der Waals surface area (Å²) in [6.07, 6.45) is 7.24. The average Bonchev–Trinajstić information content (AvgIpc) is 3.51. The highest BCUT2D eigenvalue weighted by atomic mass is 35.5. The number of nitrogens with zero attached hydrogens (tertiary/aromatic N) is 7. The third-order valence-electron chi connectivity index (χ3n) is 7.54. The Morgan fingerprint density at radius 2 is 1.94 bits per heavy atom. The highest BCUT2D eigenvalue weighted by molar-refractivity contribution is 6.30. The van der Waals surface area contributed by atoms with Crippen LogP contribution in [0.15, 0.2) is 30.7 Å². The number of fused-ring (bicyclic) bond motifs is 3. The minimum absolute atomic E-state index is 0.224. The lowest BCUT2D eigenvalue weighted by molar-refractivity contribution is 0.0575. The first kappa shape index (κ1) is 18.9. The first-order chi connectivity index (χ1) is 15.6. The molecule has 9 heteroatoms. The predicted octanol–water partition coefficient (Wildman–Crippen LogP) is 3.71. The number of aromatic nitrogens is 5. The van der Waals surface area contributed by atoms with Gasteiger partial charge < -0.3 is 4.90 Å². The number of benzene rings is 1. The van der Waals surface area contributed by atoms with Crippen molar-refractivity contribution in [2.75, 3.05) is 18.0 Å². The van der Waals surface area contributed by atoms with Crippen LogP contribution in [0, 0.1) is 11.2 Å². The maximum absolute atomic E-state index is 14.0. The van der Waals surface area contributed by atoms with Crippen molar-refractivity contribution in [3.8, 4) is 5.69 Å². The molecule has 0 bridgehead atoms.